The first-order valence-corrected chi connectivity index (χ1v) is 3.56. The van der Waals surface area contributed by atoms with E-state index in [-0.39, 0.29) is 6.42 Å². The lowest BCUT2D eigenvalue weighted by Crippen LogP contribution is -2.43. The van der Waals surface area contributed by atoms with E-state index in [4.69, 9.17) is 10.5 Å². The molecule has 0 spiro atoms. The molecule has 0 saturated carbocycles. The Kier molecular flexibility index (Phi) is 3.53. The molecule has 0 rings (SSSR count). The molecule has 1 unspecified atom stereocenters. The summed E-state index contributed by atoms with van der Waals surface area (Å²) >= 11 is 0. The molecular weight excluding hydrogens is 171 g/mol. The molecule has 0 amide bonds. The number of halogens is 3. The third-order valence-corrected chi connectivity index (χ3v) is 1.68. The van der Waals surface area contributed by atoms with Gasteiger partial charge >= 0.3 is 6.18 Å². The molecule has 2 nitrogen and oxygen atoms in total. The lowest BCUT2D eigenvalue weighted by Gasteiger charge is -2.27. The molecule has 1 atom stereocenters. The van der Waals surface area contributed by atoms with Crippen molar-refractivity contribution in [3.8, 4) is 0 Å². The average Bonchev–Trinajstić information content (AvgIpc) is 1.85. The second-order valence-electron chi connectivity index (χ2n) is 3.32. The van der Waals surface area contributed by atoms with E-state index < -0.39 is 17.8 Å². The lowest BCUT2D eigenvalue weighted by atomic mass is 9.99. The third-order valence-electron chi connectivity index (χ3n) is 1.68. The minimum absolute atomic E-state index is 0.229. The van der Waals surface area contributed by atoms with Crippen LogP contribution in [-0.4, -0.2) is 24.9 Å². The van der Waals surface area contributed by atoms with Gasteiger partial charge in [-0.25, -0.2) is 0 Å². The molecule has 2 N–H and O–H groups in total. The molecule has 0 aromatic rings. The molecule has 0 radical (unpaired) electrons. The second-order valence-corrected chi connectivity index (χ2v) is 3.32. The Morgan fingerprint density at radius 1 is 1.33 bits per heavy atom. The Morgan fingerprint density at radius 3 is 2.00 bits per heavy atom. The normalized spacial score (nSPS) is 16.2. The van der Waals surface area contributed by atoms with Gasteiger partial charge in [0.2, 0.25) is 0 Å². The van der Waals surface area contributed by atoms with Gasteiger partial charge in [0.05, 0.1) is 5.60 Å². The van der Waals surface area contributed by atoms with Gasteiger partial charge in [0.25, 0.3) is 0 Å². The summed E-state index contributed by atoms with van der Waals surface area (Å²) in [5.74, 6) is 0. The summed E-state index contributed by atoms with van der Waals surface area (Å²) in [6.45, 7) is 3.14. The standard InChI is InChI=1S/C7H14F3NO/c1-6(2,12-3)4-5(11)7(8,9)10/h5H,4,11H2,1-3H3. The van der Waals surface area contributed by atoms with Gasteiger partial charge in [0.15, 0.2) is 0 Å². The molecule has 0 aromatic heterocycles. The fourth-order valence-electron chi connectivity index (χ4n) is 0.729. The van der Waals surface area contributed by atoms with Gasteiger partial charge < -0.3 is 10.5 Å². The van der Waals surface area contributed by atoms with Gasteiger partial charge in [-0.05, 0) is 20.3 Å². The fourth-order valence-corrected chi connectivity index (χ4v) is 0.729. The maximum atomic E-state index is 11.9. The molecule has 0 fully saturated rings. The van der Waals surface area contributed by atoms with Crippen LogP contribution in [0.25, 0.3) is 0 Å². The number of nitrogens with two attached hydrogens (primary N) is 1. The van der Waals surface area contributed by atoms with E-state index in [2.05, 4.69) is 0 Å². The highest BCUT2D eigenvalue weighted by atomic mass is 19.4. The highest BCUT2D eigenvalue weighted by molar-refractivity contribution is 4.80. The van der Waals surface area contributed by atoms with E-state index in [1.165, 1.54) is 7.11 Å². The summed E-state index contributed by atoms with van der Waals surface area (Å²) < 4.78 is 40.6. The van der Waals surface area contributed by atoms with Crippen LogP contribution in [0.3, 0.4) is 0 Å². The van der Waals surface area contributed by atoms with Gasteiger partial charge in [-0.1, -0.05) is 0 Å². The van der Waals surface area contributed by atoms with Crippen LogP contribution in [0.1, 0.15) is 20.3 Å². The summed E-state index contributed by atoms with van der Waals surface area (Å²) in [4.78, 5) is 0. The Hall–Kier alpha value is -0.290. The Morgan fingerprint density at radius 2 is 1.75 bits per heavy atom. The van der Waals surface area contributed by atoms with Crippen molar-refractivity contribution >= 4 is 0 Å². The van der Waals surface area contributed by atoms with Crippen molar-refractivity contribution in [1.29, 1.82) is 0 Å². The SMILES string of the molecule is COC(C)(C)CC(N)C(F)(F)F. The number of rotatable bonds is 3. The molecule has 0 aromatic carbocycles. The zero-order valence-electron chi connectivity index (χ0n) is 7.40. The predicted octanol–water partition coefficient (Wildman–Crippen LogP) is 1.69. The highest BCUT2D eigenvalue weighted by Gasteiger charge is 2.39. The Balaban J connectivity index is 4.09. The van der Waals surface area contributed by atoms with Crippen LogP contribution in [0.4, 0.5) is 13.2 Å². The van der Waals surface area contributed by atoms with E-state index in [0.717, 1.165) is 0 Å². The first-order chi connectivity index (χ1) is 5.19. The predicted molar refractivity (Wildman–Crippen MR) is 39.7 cm³/mol. The smallest absolute Gasteiger partial charge is 0.379 e. The quantitative estimate of drug-likeness (QED) is 0.726. The van der Waals surface area contributed by atoms with Gasteiger partial charge in [0, 0.05) is 7.11 Å². The van der Waals surface area contributed by atoms with Crippen molar-refractivity contribution in [3.63, 3.8) is 0 Å². The molecule has 0 aliphatic rings. The zero-order valence-corrected chi connectivity index (χ0v) is 7.40. The van der Waals surface area contributed by atoms with E-state index >= 15 is 0 Å². The summed E-state index contributed by atoms with van der Waals surface area (Å²) in [7, 11) is 1.36. The summed E-state index contributed by atoms with van der Waals surface area (Å²) in [6, 6.07) is -1.81. The summed E-state index contributed by atoms with van der Waals surface area (Å²) in [5, 5.41) is 0. The average molecular weight is 185 g/mol. The van der Waals surface area contributed by atoms with E-state index in [9.17, 15) is 13.2 Å². The summed E-state index contributed by atoms with van der Waals surface area (Å²) in [6.07, 6.45) is -4.57. The summed E-state index contributed by atoms with van der Waals surface area (Å²) in [5.41, 5.74) is 4.08. The number of hydrogen-bond donors (Lipinski definition) is 1. The first kappa shape index (κ1) is 11.7. The Bertz CT molecular complexity index is 144. The van der Waals surface area contributed by atoms with Gasteiger partial charge in [-0.2, -0.15) is 13.2 Å². The number of alkyl halides is 3. The number of ether oxygens (including phenoxy) is 1. The van der Waals surface area contributed by atoms with Crippen molar-refractivity contribution in [3.05, 3.63) is 0 Å². The van der Waals surface area contributed by atoms with Crippen molar-refractivity contribution < 1.29 is 17.9 Å². The highest BCUT2D eigenvalue weighted by Crippen LogP contribution is 2.26. The zero-order chi connectivity index (χ0) is 9.99. The van der Waals surface area contributed by atoms with E-state index in [1.807, 2.05) is 0 Å². The van der Waals surface area contributed by atoms with Crippen LogP contribution in [0, 0.1) is 0 Å². The van der Waals surface area contributed by atoms with E-state index in [0.29, 0.717) is 0 Å². The molecule has 0 aliphatic heterocycles. The van der Waals surface area contributed by atoms with Crippen molar-refractivity contribution in [1.82, 2.24) is 0 Å². The molecule has 0 bridgehead atoms. The molecule has 0 heterocycles. The van der Waals surface area contributed by atoms with Crippen LogP contribution in [0.5, 0.6) is 0 Å². The largest absolute Gasteiger partial charge is 0.403 e. The molecule has 0 saturated heterocycles. The number of methoxy groups -OCH3 is 1. The maximum Gasteiger partial charge on any atom is 0.403 e. The van der Waals surface area contributed by atoms with Gasteiger partial charge in [-0.15, -0.1) is 0 Å². The van der Waals surface area contributed by atoms with Crippen molar-refractivity contribution in [2.45, 2.75) is 38.1 Å². The minimum Gasteiger partial charge on any atom is -0.379 e. The minimum atomic E-state index is -4.34. The monoisotopic (exact) mass is 185 g/mol. The number of hydrogen-bond acceptors (Lipinski definition) is 2. The van der Waals surface area contributed by atoms with Crippen molar-refractivity contribution in [2.75, 3.05) is 7.11 Å². The van der Waals surface area contributed by atoms with Crippen LogP contribution in [0.2, 0.25) is 0 Å². The maximum absolute atomic E-state index is 11.9. The third kappa shape index (κ3) is 3.92. The molecular formula is C7H14F3NO. The van der Waals surface area contributed by atoms with Crippen LogP contribution < -0.4 is 5.73 Å². The fraction of sp³-hybridized carbons (Fsp3) is 1.00. The van der Waals surface area contributed by atoms with Gasteiger partial charge in [-0.3, -0.25) is 0 Å². The van der Waals surface area contributed by atoms with Crippen molar-refractivity contribution in [2.24, 2.45) is 5.73 Å². The molecule has 5 heteroatoms. The van der Waals surface area contributed by atoms with Crippen LogP contribution in [0.15, 0.2) is 0 Å². The van der Waals surface area contributed by atoms with E-state index in [1.54, 1.807) is 13.8 Å². The molecule has 0 aliphatic carbocycles. The van der Waals surface area contributed by atoms with Gasteiger partial charge in [0.1, 0.15) is 6.04 Å². The second kappa shape index (κ2) is 3.62. The topological polar surface area (TPSA) is 35.2 Å². The van der Waals surface area contributed by atoms with Crippen LogP contribution >= 0.6 is 0 Å². The Labute approximate surface area is 69.9 Å². The lowest BCUT2D eigenvalue weighted by molar-refractivity contribution is -0.160. The molecule has 74 valence electrons. The molecule has 12 heavy (non-hydrogen) atoms. The first-order valence-electron chi connectivity index (χ1n) is 3.56. The van der Waals surface area contributed by atoms with Crippen LogP contribution in [-0.2, 0) is 4.74 Å².